The van der Waals surface area contributed by atoms with Gasteiger partial charge in [0.05, 0.1) is 6.54 Å². The van der Waals surface area contributed by atoms with Crippen LogP contribution in [0.15, 0.2) is 28.7 Å². The van der Waals surface area contributed by atoms with Crippen molar-refractivity contribution < 1.29 is 13.5 Å². The molecule has 2 rings (SSSR count). The lowest BCUT2D eigenvalue weighted by Gasteiger charge is -2.07. The molecule has 0 radical (unpaired) electrons. The summed E-state index contributed by atoms with van der Waals surface area (Å²) in [6.45, 7) is 8.79. The van der Waals surface area contributed by atoms with Crippen molar-refractivity contribution in [3.63, 3.8) is 0 Å². The van der Waals surface area contributed by atoms with Crippen molar-refractivity contribution in [2.75, 3.05) is 0 Å². The van der Waals surface area contributed by atoms with Crippen LogP contribution in [0.1, 0.15) is 36.5 Å². The molecule has 4 heteroatoms. The first-order valence-corrected chi connectivity index (χ1v) is 7.17. The molecule has 0 aliphatic rings. The fourth-order valence-electron chi connectivity index (χ4n) is 2.01. The molecule has 1 aromatic heterocycles. The van der Waals surface area contributed by atoms with E-state index in [0.717, 1.165) is 11.3 Å². The summed E-state index contributed by atoms with van der Waals surface area (Å²) in [4.78, 5) is 0. The van der Waals surface area contributed by atoms with E-state index in [1.165, 1.54) is 0 Å². The molecule has 1 N–H and O–H groups in total. The van der Waals surface area contributed by atoms with Gasteiger partial charge in [-0.3, -0.25) is 0 Å². The van der Waals surface area contributed by atoms with Crippen molar-refractivity contribution in [3.05, 3.63) is 52.7 Å². The van der Waals surface area contributed by atoms with Crippen LogP contribution in [0.4, 0.5) is 4.39 Å². The SMILES string of the molecule is Cc1cc(COc2cccc(C)c2F)oc1CNC(C)C. The molecular formula is C17H22FNO2. The number of hydrogen-bond donors (Lipinski definition) is 1. The molecule has 3 nitrogen and oxygen atoms in total. The Morgan fingerprint density at radius 2 is 2.00 bits per heavy atom. The summed E-state index contributed by atoms with van der Waals surface area (Å²) < 4.78 is 25.1. The maximum absolute atomic E-state index is 13.8. The van der Waals surface area contributed by atoms with Gasteiger partial charge in [0.15, 0.2) is 11.6 Å². The van der Waals surface area contributed by atoms with Crippen LogP contribution < -0.4 is 10.1 Å². The monoisotopic (exact) mass is 291 g/mol. The molecule has 0 spiro atoms. The Kier molecular flexibility index (Phi) is 5.02. The van der Waals surface area contributed by atoms with E-state index in [2.05, 4.69) is 19.2 Å². The molecule has 0 aliphatic carbocycles. The highest BCUT2D eigenvalue weighted by atomic mass is 19.1. The number of benzene rings is 1. The van der Waals surface area contributed by atoms with Gasteiger partial charge in [-0.05, 0) is 37.1 Å². The minimum atomic E-state index is -0.317. The molecule has 0 unspecified atom stereocenters. The van der Waals surface area contributed by atoms with E-state index in [1.807, 2.05) is 13.0 Å². The highest BCUT2D eigenvalue weighted by Gasteiger charge is 2.10. The summed E-state index contributed by atoms with van der Waals surface area (Å²) in [7, 11) is 0. The first-order valence-electron chi connectivity index (χ1n) is 7.17. The molecular weight excluding hydrogens is 269 g/mol. The second kappa shape index (κ2) is 6.76. The number of ether oxygens (including phenoxy) is 1. The van der Waals surface area contributed by atoms with Crippen LogP contribution in [0, 0.1) is 19.7 Å². The van der Waals surface area contributed by atoms with Gasteiger partial charge in [-0.25, -0.2) is 4.39 Å². The largest absolute Gasteiger partial charge is 0.483 e. The maximum Gasteiger partial charge on any atom is 0.167 e. The number of rotatable bonds is 6. The fraction of sp³-hybridized carbons (Fsp3) is 0.412. The normalized spacial score (nSPS) is 11.1. The van der Waals surface area contributed by atoms with Gasteiger partial charge in [0.25, 0.3) is 0 Å². The third kappa shape index (κ3) is 4.08. The Morgan fingerprint density at radius 3 is 2.71 bits per heavy atom. The van der Waals surface area contributed by atoms with Crippen molar-refractivity contribution in [1.29, 1.82) is 0 Å². The highest BCUT2D eigenvalue weighted by molar-refractivity contribution is 5.30. The molecule has 0 atom stereocenters. The minimum absolute atomic E-state index is 0.225. The third-order valence-corrected chi connectivity index (χ3v) is 3.27. The number of furan rings is 1. The van der Waals surface area contributed by atoms with Crippen molar-refractivity contribution in [2.24, 2.45) is 0 Å². The highest BCUT2D eigenvalue weighted by Crippen LogP contribution is 2.22. The summed E-state index contributed by atoms with van der Waals surface area (Å²) >= 11 is 0. The Labute approximate surface area is 125 Å². The van der Waals surface area contributed by atoms with E-state index in [1.54, 1.807) is 25.1 Å². The quantitative estimate of drug-likeness (QED) is 0.869. The van der Waals surface area contributed by atoms with Crippen molar-refractivity contribution in [2.45, 2.75) is 46.9 Å². The predicted molar refractivity (Wildman–Crippen MR) is 80.9 cm³/mol. The van der Waals surface area contributed by atoms with E-state index in [4.69, 9.17) is 9.15 Å². The summed E-state index contributed by atoms with van der Waals surface area (Å²) in [6, 6.07) is 7.45. The van der Waals surface area contributed by atoms with Gasteiger partial charge in [0.1, 0.15) is 18.1 Å². The summed E-state index contributed by atoms with van der Waals surface area (Å²) in [5.41, 5.74) is 1.65. The topological polar surface area (TPSA) is 34.4 Å². The van der Waals surface area contributed by atoms with Gasteiger partial charge < -0.3 is 14.5 Å². The Bertz CT molecular complexity index is 605. The number of nitrogens with one attached hydrogen (secondary N) is 1. The van der Waals surface area contributed by atoms with Crippen LogP contribution in [-0.2, 0) is 13.2 Å². The average Bonchev–Trinajstić information content (AvgIpc) is 2.78. The van der Waals surface area contributed by atoms with E-state index in [9.17, 15) is 4.39 Å². The van der Waals surface area contributed by atoms with Crippen molar-refractivity contribution in [1.82, 2.24) is 5.32 Å². The van der Waals surface area contributed by atoms with Gasteiger partial charge in [0, 0.05) is 6.04 Å². The Hall–Kier alpha value is -1.81. The molecule has 0 bridgehead atoms. The summed E-state index contributed by atoms with van der Waals surface area (Å²) in [6.07, 6.45) is 0. The first kappa shape index (κ1) is 15.6. The van der Waals surface area contributed by atoms with Crippen LogP contribution in [0.5, 0.6) is 5.75 Å². The molecule has 1 heterocycles. The van der Waals surface area contributed by atoms with E-state index >= 15 is 0 Å². The molecule has 2 aromatic rings. The standard InChI is InChI=1S/C17H22FNO2/c1-11(2)19-9-16-13(4)8-14(21-16)10-20-15-7-5-6-12(3)17(15)18/h5-8,11,19H,9-10H2,1-4H3. The predicted octanol–water partition coefficient (Wildman–Crippen LogP) is 4.11. The van der Waals surface area contributed by atoms with Crippen LogP contribution in [0.25, 0.3) is 0 Å². The molecule has 0 fully saturated rings. The lowest BCUT2D eigenvalue weighted by atomic mass is 10.2. The summed E-state index contributed by atoms with van der Waals surface area (Å²) in [5.74, 6) is 1.54. The van der Waals surface area contributed by atoms with E-state index in [0.29, 0.717) is 23.9 Å². The van der Waals surface area contributed by atoms with Gasteiger partial charge in [-0.1, -0.05) is 26.0 Å². The first-order chi connectivity index (χ1) is 9.97. The van der Waals surface area contributed by atoms with E-state index < -0.39 is 0 Å². The van der Waals surface area contributed by atoms with Crippen LogP contribution in [0.3, 0.4) is 0 Å². The van der Waals surface area contributed by atoms with Gasteiger partial charge >= 0.3 is 0 Å². The molecule has 0 amide bonds. The van der Waals surface area contributed by atoms with Crippen LogP contribution >= 0.6 is 0 Å². The fourth-order valence-corrected chi connectivity index (χ4v) is 2.01. The van der Waals surface area contributed by atoms with Crippen molar-refractivity contribution in [3.8, 4) is 5.75 Å². The van der Waals surface area contributed by atoms with Gasteiger partial charge in [-0.2, -0.15) is 0 Å². The zero-order valence-electron chi connectivity index (χ0n) is 13.0. The van der Waals surface area contributed by atoms with Crippen molar-refractivity contribution >= 4 is 0 Å². The second-order valence-corrected chi connectivity index (χ2v) is 5.53. The molecule has 0 saturated carbocycles. The molecule has 0 saturated heterocycles. The Morgan fingerprint density at radius 1 is 1.24 bits per heavy atom. The number of hydrogen-bond acceptors (Lipinski definition) is 3. The molecule has 21 heavy (non-hydrogen) atoms. The Balaban J connectivity index is 2.00. The second-order valence-electron chi connectivity index (χ2n) is 5.53. The zero-order valence-corrected chi connectivity index (χ0v) is 13.0. The van der Waals surface area contributed by atoms with Crippen LogP contribution in [-0.4, -0.2) is 6.04 Å². The lowest BCUT2D eigenvalue weighted by Crippen LogP contribution is -2.21. The maximum atomic E-state index is 13.8. The lowest BCUT2D eigenvalue weighted by molar-refractivity contribution is 0.253. The minimum Gasteiger partial charge on any atom is -0.483 e. The average molecular weight is 291 g/mol. The number of aryl methyl sites for hydroxylation is 2. The molecule has 0 aliphatic heterocycles. The third-order valence-electron chi connectivity index (χ3n) is 3.27. The molecule has 1 aromatic carbocycles. The van der Waals surface area contributed by atoms with E-state index in [-0.39, 0.29) is 18.2 Å². The number of halogens is 1. The van der Waals surface area contributed by atoms with Crippen LogP contribution in [0.2, 0.25) is 0 Å². The zero-order chi connectivity index (χ0) is 15.4. The summed E-state index contributed by atoms with van der Waals surface area (Å²) in [5, 5.41) is 3.31. The van der Waals surface area contributed by atoms with Gasteiger partial charge in [-0.15, -0.1) is 0 Å². The van der Waals surface area contributed by atoms with Gasteiger partial charge in [0.2, 0.25) is 0 Å². The molecule has 114 valence electrons. The smallest absolute Gasteiger partial charge is 0.167 e.